The molecular formula is C16H30N4O. The van der Waals surface area contributed by atoms with Gasteiger partial charge < -0.3 is 15.0 Å². The van der Waals surface area contributed by atoms with Gasteiger partial charge in [-0.05, 0) is 52.2 Å². The van der Waals surface area contributed by atoms with Crippen LogP contribution >= 0.6 is 0 Å². The van der Waals surface area contributed by atoms with Crippen LogP contribution in [0.1, 0.15) is 31.9 Å². The van der Waals surface area contributed by atoms with Crippen LogP contribution in [0.15, 0.2) is 6.20 Å². The fourth-order valence-electron chi connectivity index (χ4n) is 2.86. The third kappa shape index (κ3) is 4.71. The Kier molecular flexibility index (Phi) is 6.06. The Morgan fingerprint density at radius 3 is 2.81 bits per heavy atom. The molecule has 0 amide bonds. The lowest BCUT2D eigenvalue weighted by atomic mass is 10.0. The number of rotatable bonds is 10. The molecule has 21 heavy (non-hydrogen) atoms. The molecule has 0 saturated heterocycles. The summed E-state index contributed by atoms with van der Waals surface area (Å²) in [7, 11) is 5.92. The van der Waals surface area contributed by atoms with Crippen LogP contribution in [0.4, 0.5) is 0 Å². The first-order chi connectivity index (χ1) is 10.2. The lowest BCUT2D eigenvalue weighted by molar-refractivity contribution is 0.361. The van der Waals surface area contributed by atoms with E-state index in [2.05, 4.69) is 41.0 Å². The van der Waals surface area contributed by atoms with E-state index in [0.717, 1.165) is 37.7 Å². The number of ether oxygens (including phenoxy) is 1. The minimum Gasteiger partial charge on any atom is -0.493 e. The molecule has 1 aromatic heterocycles. The second-order valence-corrected chi connectivity index (χ2v) is 6.23. The summed E-state index contributed by atoms with van der Waals surface area (Å²) in [5.41, 5.74) is 1.24. The first-order valence-electron chi connectivity index (χ1n) is 8.12. The molecule has 0 bridgehead atoms. The third-order valence-corrected chi connectivity index (χ3v) is 4.24. The molecule has 1 heterocycles. The van der Waals surface area contributed by atoms with Crippen LogP contribution in [0.2, 0.25) is 0 Å². The number of aromatic nitrogens is 2. The highest BCUT2D eigenvalue weighted by molar-refractivity contribution is 5.25. The Hall–Kier alpha value is -1.07. The van der Waals surface area contributed by atoms with Crippen molar-refractivity contribution in [2.45, 2.75) is 45.2 Å². The largest absolute Gasteiger partial charge is 0.493 e. The standard InChI is InChI=1S/C16H30N4O/c1-5-17-14(13-6-7-13)8-9-15-16(21-4)12-18-20(15)11-10-19(2)3/h12-14,17H,5-11H2,1-4H3. The first kappa shape index (κ1) is 16.3. The Balaban J connectivity index is 1.97. The monoisotopic (exact) mass is 294 g/mol. The van der Waals surface area contributed by atoms with Gasteiger partial charge in [-0.2, -0.15) is 5.10 Å². The molecule has 1 saturated carbocycles. The average molecular weight is 294 g/mol. The van der Waals surface area contributed by atoms with Crippen molar-refractivity contribution in [1.29, 1.82) is 0 Å². The van der Waals surface area contributed by atoms with Gasteiger partial charge in [0.05, 0.1) is 25.5 Å². The van der Waals surface area contributed by atoms with Crippen molar-refractivity contribution in [3.63, 3.8) is 0 Å². The van der Waals surface area contributed by atoms with E-state index in [4.69, 9.17) is 4.74 Å². The molecule has 0 aliphatic heterocycles. The molecule has 5 heteroatoms. The number of nitrogens with one attached hydrogen (secondary N) is 1. The first-order valence-corrected chi connectivity index (χ1v) is 8.12. The van der Waals surface area contributed by atoms with Gasteiger partial charge in [0.15, 0.2) is 5.75 Å². The molecule has 1 atom stereocenters. The minimum atomic E-state index is 0.650. The van der Waals surface area contributed by atoms with E-state index in [1.54, 1.807) is 7.11 Å². The van der Waals surface area contributed by atoms with Crippen LogP contribution in [0.3, 0.4) is 0 Å². The van der Waals surface area contributed by atoms with E-state index in [1.807, 2.05) is 6.20 Å². The molecule has 1 N–H and O–H groups in total. The summed E-state index contributed by atoms with van der Waals surface area (Å²) >= 11 is 0. The summed E-state index contributed by atoms with van der Waals surface area (Å²) in [4.78, 5) is 2.18. The van der Waals surface area contributed by atoms with Gasteiger partial charge in [-0.1, -0.05) is 6.92 Å². The summed E-state index contributed by atoms with van der Waals surface area (Å²) in [6.45, 7) is 5.16. The molecule has 1 unspecified atom stereocenters. The molecule has 0 radical (unpaired) electrons. The predicted octanol–water partition coefficient (Wildman–Crippen LogP) is 1.77. The van der Waals surface area contributed by atoms with Gasteiger partial charge in [-0.15, -0.1) is 0 Å². The Morgan fingerprint density at radius 1 is 1.48 bits per heavy atom. The summed E-state index contributed by atoms with van der Waals surface area (Å²) in [5, 5.41) is 8.12. The van der Waals surface area contributed by atoms with Crippen molar-refractivity contribution in [3.8, 4) is 5.75 Å². The van der Waals surface area contributed by atoms with E-state index in [9.17, 15) is 0 Å². The molecule has 2 rings (SSSR count). The van der Waals surface area contributed by atoms with E-state index >= 15 is 0 Å². The average Bonchev–Trinajstić information content (AvgIpc) is 3.22. The highest BCUT2D eigenvalue weighted by atomic mass is 16.5. The van der Waals surface area contributed by atoms with E-state index in [1.165, 1.54) is 25.0 Å². The predicted molar refractivity (Wildman–Crippen MR) is 85.8 cm³/mol. The van der Waals surface area contributed by atoms with Crippen molar-refractivity contribution < 1.29 is 4.74 Å². The molecule has 1 aromatic rings. The number of likely N-dealkylation sites (N-methyl/N-ethyl adjacent to an activating group) is 1. The summed E-state index contributed by atoms with van der Waals surface area (Å²) in [5.74, 6) is 1.81. The number of nitrogens with zero attached hydrogens (tertiary/aromatic N) is 3. The van der Waals surface area contributed by atoms with Gasteiger partial charge in [-0.3, -0.25) is 4.68 Å². The fourth-order valence-corrected chi connectivity index (χ4v) is 2.86. The summed E-state index contributed by atoms with van der Waals surface area (Å²) < 4.78 is 7.59. The number of methoxy groups -OCH3 is 1. The molecule has 0 aromatic carbocycles. The maximum atomic E-state index is 5.48. The van der Waals surface area contributed by atoms with Crippen LogP contribution in [0, 0.1) is 5.92 Å². The topological polar surface area (TPSA) is 42.3 Å². The van der Waals surface area contributed by atoms with Gasteiger partial charge >= 0.3 is 0 Å². The van der Waals surface area contributed by atoms with Gasteiger partial charge in [0, 0.05) is 12.6 Å². The summed E-state index contributed by atoms with van der Waals surface area (Å²) in [6, 6.07) is 0.650. The second-order valence-electron chi connectivity index (χ2n) is 6.23. The van der Waals surface area contributed by atoms with E-state index in [-0.39, 0.29) is 0 Å². The minimum absolute atomic E-state index is 0.650. The lowest BCUT2D eigenvalue weighted by Crippen LogP contribution is -2.31. The molecule has 1 aliphatic carbocycles. The van der Waals surface area contributed by atoms with Crippen molar-refractivity contribution in [2.24, 2.45) is 5.92 Å². The Morgan fingerprint density at radius 2 is 2.24 bits per heavy atom. The van der Waals surface area contributed by atoms with Crippen LogP contribution < -0.4 is 10.1 Å². The van der Waals surface area contributed by atoms with Gasteiger partial charge in [-0.25, -0.2) is 0 Å². The normalized spacial score (nSPS) is 16.4. The highest BCUT2D eigenvalue weighted by Gasteiger charge is 2.30. The summed E-state index contributed by atoms with van der Waals surface area (Å²) in [6.07, 6.45) is 6.82. The second kappa shape index (κ2) is 7.80. The number of hydrogen-bond donors (Lipinski definition) is 1. The van der Waals surface area contributed by atoms with Crippen molar-refractivity contribution in [3.05, 3.63) is 11.9 Å². The zero-order chi connectivity index (χ0) is 15.2. The smallest absolute Gasteiger partial charge is 0.159 e. The van der Waals surface area contributed by atoms with Gasteiger partial charge in [0.2, 0.25) is 0 Å². The molecule has 5 nitrogen and oxygen atoms in total. The molecule has 0 spiro atoms. The van der Waals surface area contributed by atoms with Crippen molar-refractivity contribution in [1.82, 2.24) is 20.0 Å². The Labute approximate surface area is 128 Å². The third-order valence-electron chi connectivity index (χ3n) is 4.24. The van der Waals surface area contributed by atoms with Crippen LogP contribution in [-0.2, 0) is 13.0 Å². The van der Waals surface area contributed by atoms with Gasteiger partial charge in [0.1, 0.15) is 0 Å². The Bertz CT molecular complexity index is 426. The maximum absolute atomic E-state index is 5.48. The van der Waals surface area contributed by atoms with Crippen LogP contribution in [0.5, 0.6) is 5.75 Å². The highest BCUT2D eigenvalue weighted by Crippen LogP contribution is 2.35. The quantitative estimate of drug-likeness (QED) is 0.714. The zero-order valence-corrected chi connectivity index (χ0v) is 13.9. The fraction of sp³-hybridized carbons (Fsp3) is 0.812. The van der Waals surface area contributed by atoms with Crippen LogP contribution in [0.25, 0.3) is 0 Å². The SMILES string of the molecule is CCNC(CCc1c(OC)cnn1CCN(C)C)C1CC1. The zero-order valence-electron chi connectivity index (χ0n) is 13.9. The molecule has 1 fully saturated rings. The number of hydrogen-bond acceptors (Lipinski definition) is 4. The molecular weight excluding hydrogens is 264 g/mol. The molecule has 120 valence electrons. The van der Waals surface area contributed by atoms with Gasteiger partial charge in [0.25, 0.3) is 0 Å². The van der Waals surface area contributed by atoms with Crippen molar-refractivity contribution in [2.75, 3.05) is 34.3 Å². The van der Waals surface area contributed by atoms with Crippen LogP contribution in [-0.4, -0.2) is 55.0 Å². The van der Waals surface area contributed by atoms with E-state index < -0.39 is 0 Å². The van der Waals surface area contributed by atoms with E-state index in [0.29, 0.717) is 6.04 Å². The molecule has 1 aliphatic rings. The lowest BCUT2D eigenvalue weighted by Gasteiger charge is -2.18. The maximum Gasteiger partial charge on any atom is 0.159 e. The van der Waals surface area contributed by atoms with Crippen molar-refractivity contribution >= 4 is 0 Å².